The molecule has 3 aromatic rings. The van der Waals surface area contributed by atoms with E-state index in [9.17, 15) is 4.79 Å². The highest BCUT2D eigenvalue weighted by Gasteiger charge is 2.18. The van der Waals surface area contributed by atoms with E-state index < -0.39 is 0 Å². The van der Waals surface area contributed by atoms with Gasteiger partial charge in [-0.15, -0.1) is 0 Å². The predicted octanol–water partition coefficient (Wildman–Crippen LogP) is 4.09. The van der Waals surface area contributed by atoms with E-state index in [-0.39, 0.29) is 11.9 Å². The van der Waals surface area contributed by atoms with Crippen molar-refractivity contribution in [3.8, 4) is 17.1 Å². The van der Waals surface area contributed by atoms with Gasteiger partial charge in [-0.1, -0.05) is 11.6 Å². The van der Waals surface area contributed by atoms with Crippen molar-refractivity contribution in [3.63, 3.8) is 0 Å². The maximum absolute atomic E-state index is 12.6. The Bertz CT molecular complexity index is 1130. The molecule has 174 valence electrons. The third kappa shape index (κ3) is 5.43. The fraction of sp³-hybridized carbons (Fsp3) is 0.391. The number of nitrogens with zero attached hydrogens (tertiary/aromatic N) is 4. The lowest BCUT2D eigenvalue weighted by Crippen LogP contribution is -2.29. The minimum atomic E-state index is -0.155. The molecule has 33 heavy (non-hydrogen) atoms. The molecule has 1 aliphatic rings. The molecule has 1 aromatic carbocycles. The van der Waals surface area contributed by atoms with Crippen LogP contribution < -0.4 is 15.4 Å². The summed E-state index contributed by atoms with van der Waals surface area (Å²) in [5, 5.41) is 11.0. The van der Waals surface area contributed by atoms with E-state index in [1.54, 1.807) is 25.3 Å². The summed E-state index contributed by atoms with van der Waals surface area (Å²) < 4.78 is 12.7. The number of halogens is 1. The standard InChI is InChI=1S/C23H27ClN6O3/c1-14(2)30-8-6-19(29-30)21-17(24)12-26-23(28-21)27-18-5-4-16(10-20(18)32-3)22(31)25-11-15-7-9-33-13-15/h4-6,8,10,12,14-15H,7,9,11,13H2,1-3H3,(H,25,31)(H,26,27,28). The van der Waals surface area contributed by atoms with Crippen LogP contribution in [0.15, 0.2) is 36.7 Å². The number of amides is 1. The highest BCUT2D eigenvalue weighted by molar-refractivity contribution is 6.32. The molecule has 9 nitrogen and oxygen atoms in total. The average Bonchev–Trinajstić information content (AvgIpc) is 3.51. The van der Waals surface area contributed by atoms with E-state index >= 15 is 0 Å². The number of ether oxygens (including phenoxy) is 2. The van der Waals surface area contributed by atoms with E-state index in [2.05, 4.69) is 25.7 Å². The summed E-state index contributed by atoms with van der Waals surface area (Å²) in [5.41, 5.74) is 2.32. The second-order valence-electron chi connectivity index (χ2n) is 8.14. The summed E-state index contributed by atoms with van der Waals surface area (Å²) in [5.74, 6) is 1.04. The topological polar surface area (TPSA) is 103 Å². The van der Waals surface area contributed by atoms with Crippen molar-refractivity contribution in [3.05, 3.63) is 47.2 Å². The third-order valence-electron chi connectivity index (χ3n) is 5.41. The number of aromatic nitrogens is 4. The van der Waals surface area contributed by atoms with Crippen molar-refractivity contribution < 1.29 is 14.3 Å². The molecule has 1 fully saturated rings. The fourth-order valence-electron chi connectivity index (χ4n) is 3.50. The van der Waals surface area contributed by atoms with Gasteiger partial charge >= 0.3 is 0 Å². The Morgan fingerprint density at radius 1 is 1.36 bits per heavy atom. The smallest absolute Gasteiger partial charge is 0.251 e. The van der Waals surface area contributed by atoms with Crippen LogP contribution in [-0.4, -0.2) is 52.5 Å². The maximum Gasteiger partial charge on any atom is 0.251 e. The van der Waals surface area contributed by atoms with Gasteiger partial charge in [0.05, 0.1) is 30.6 Å². The number of hydrogen-bond donors (Lipinski definition) is 2. The molecule has 4 rings (SSSR count). The number of nitrogens with one attached hydrogen (secondary N) is 2. The van der Waals surface area contributed by atoms with Gasteiger partial charge in [-0.3, -0.25) is 9.48 Å². The fourth-order valence-corrected chi connectivity index (χ4v) is 3.69. The average molecular weight is 471 g/mol. The second-order valence-corrected chi connectivity index (χ2v) is 8.55. The summed E-state index contributed by atoms with van der Waals surface area (Å²) in [6.45, 7) is 6.13. The van der Waals surface area contributed by atoms with Gasteiger partial charge in [0.1, 0.15) is 17.1 Å². The summed E-state index contributed by atoms with van der Waals surface area (Å²) >= 11 is 6.33. The van der Waals surface area contributed by atoms with Crippen molar-refractivity contribution in [2.24, 2.45) is 5.92 Å². The molecule has 0 spiro atoms. The summed E-state index contributed by atoms with van der Waals surface area (Å²) in [7, 11) is 1.55. The molecule has 2 N–H and O–H groups in total. The first-order valence-electron chi connectivity index (χ1n) is 10.8. The zero-order chi connectivity index (χ0) is 23.4. The minimum Gasteiger partial charge on any atom is -0.495 e. The number of anilines is 2. The largest absolute Gasteiger partial charge is 0.495 e. The molecule has 2 aromatic heterocycles. The van der Waals surface area contributed by atoms with Gasteiger partial charge in [-0.25, -0.2) is 9.97 Å². The lowest BCUT2D eigenvalue weighted by molar-refractivity contribution is 0.0944. The monoisotopic (exact) mass is 470 g/mol. The molecule has 1 amide bonds. The van der Waals surface area contributed by atoms with Crippen molar-refractivity contribution >= 4 is 29.1 Å². The Kier molecular flexibility index (Phi) is 7.10. The quantitative estimate of drug-likeness (QED) is 0.511. The van der Waals surface area contributed by atoms with Crippen LogP contribution in [0, 0.1) is 5.92 Å². The van der Waals surface area contributed by atoms with Gasteiger partial charge < -0.3 is 20.1 Å². The normalized spacial score (nSPS) is 15.6. The third-order valence-corrected chi connectivity index (χ3v) is 5.69. The molecule has 3 heterocycles. The molecule has 1 aliphatic heterocycles. The van der Waals surface area contributed by atoms with Crippen LogP contribution >= 0.6 is 11.6 Å². The first-order valence-corrected chi connectivity index (χ1v) is 11.2. The second kappa shape index (κ2) is 10.2. The molecular formula is C23H27ClN6O3. The molecule has 0 bridgehead atoms. The SMILES string of the molecule is COc1cc(C(=O)NCC2CCOC2)ccc1Nc1ncc(Cl)c(-c2ccn(C(C)C)n2)n1. The van der Waals surface area contributed by atoms with Crippen LogP contribution in [0.3, 0.4) is 0 Å². The predicted molar refractivity (Wildman–Crippen MR) is 126 cm³/mol. The van der Waals surface area contributed by atoms with Crippen LogP contribution in [-0.2, 0) is 4.74 Å². The number of rotatable bonds is 8. The number of hydrogen-bond acceptors (Lipinski definition) is 7. The zero-order valence-electron chi connectivity index (χ0n) is 18.8. The minimum absolute atomic E-state index is 0.155. The number of carbonyl (C=O) groups is 1. The van der Waals surface area contributed by atoms with Crippen molar-refractivity contribution in [2.45, 2.75) is 26.3 Å². The lowest BCUT2D eigenvalue weighted by atomic mass is 10.1. The van der Waals surface area contributed by atoms with Gasteiger partial charge in [0.15, 0.2) is 0 Å². The maximum atomic E-state index is 12.6. The molecule has 0 saturated carbocycles. The Hall–Kier alpha value is -3.17. The molecule has 10 heteroatoms. The van der Waals surface area contributed by atoms with Gasteiger partial charge in [0.2, 0.25) is 5.95 Å². The zero-order valence-corrected chi connectivity index (χ0v) is 19.6. The molecule has 1 unspecified atom stereocenters. The molecular weight excluding hydrogens is 444 g/mol. The van der Waals surface area contributed by atoms with E-state index in [1.165, 1.54) is 6.20 Å². The van der Waals surface area contributed by atoms with Gasteiger partial charge in [-0.2, -0.15) is 5.10 Å². The van der Waals surface area contributed by atoms with Gasteiger partial charge in [-0.05, 0) is 44.5 Å². The van der Waals surface area contributed by atoms with Crippen molar-refractivity contribution in [1.29, 1.82) is 0 Å². The Morgan fingerprint density at radius 3 is 2.91 bits per heavy atom. The van der Waals surface area contributed by atoms with Gasteiger partial charge in [0, 0.05) is 36.9 Å². The highest BCUT2D eigenvalue weighted by atomic mass is 35.5. The van der Waals surface area contributed by atoms with Gasteiger partial charge in [0.25, 0.3) is 5.91 Å². The van der Waals surface area contributed by atoms with E-state index in [0.29, 0.717) is 58.4 Å². The van der Waals surface area contributed by atoms with E-state index in [0.717, 1.165) is 13.0 Å². The van der Waals surface area contributed by atoms with Crippen LogP contribution in [0.2, 0.25) is 5.02 Å². The van der Waals surface area contributed by atoms with E-state index in [4.69, 9.17) is 21.1 Å². The van der Waals surface area contributed by atoms with E-state index in [1.807, 2.05) is 30.8 Å². The molecule has 1 atom stereocenters. The Balaban J connectivity index is 1.50. The van der Waals surface area contributed by atoms with Crippen LogP contribution in [0.1, 0.15) is 36.7 Å². The van der Waals surface area contributed by atoms with Crippen LogP contribution in [0.5, 0.6) is 5.75 Å². The summed E-state index contributed by atoms with van der Waals surface area (Å²) in [6, 6.07) is 7.26. The Labute approximate surface area is 197 Å². The van der Waals surface area contributed by atoms with Crippen LogP contribution in [0.4, 0.5) is 11.6 Å². The summed E-state index contributed by atoms with van der Waals surface area (Å²) in [6.07, 6.45) is 4.38. The lowest BCUT2D eigenvalue weighted by Gasteiger charge is -2.13. The molecule has 0 aliphatic carbocycles. The number of carbonyl (C=O) groups excluding carboxylic acids is 1. The number of methoxy groups -OCH3 is 1. The van der Waals surface area contributed by atoms with Crippen molar-refractivity contribution in [1.82, 2.24) is 25.1 Å². The Morgan fingerprint density at radius 2 is 2.21 bits per heavy atom. The molecule has 1 saturated heterocycles. The van der Waals surface area contributed by atoms with Crippen LogP contribution in [0.25, 0.3) is 11.4 Å². The first-order chi connectivity index (χ1) is 15.9. The number of benzene rings is 1. The summed E-state index contributed by atoms with van der Waals surface area (Å²) in [4.78, 5) is 21.4. The van der Waals surface area contributed by atoms with Crippen molar-refractivity contribution in [2.75, 3.05) is 32.2 Å². The molecule has 0 radical (unpaired) electrons. The highest BCUT2D eigenvalue weighted by Crippen LogP contribution is 2.30. The first kappa shape index (κ1) is 23.0.